The fourth-order valence-electron chi connectivity index (χ4n) is 2.16. The van der Waals surface area contributed by atoms with Gasteiger partial charge in [0, 0.05) is 39.2 Å². The number of carbonyl (C=O) groups is 1. The Morgan fingerprint density at radius 3 is 2.58 bits per heavy atom. The summed E-state index contributed by atoms with van der Waals surface area (Å²) in [7, 11) is 3.52. The minimum atomic E-state index is 0. The largest absolute Gasteiger partial charge is 0.493 e. The summed E-state index contributed by atoms with van der Waals surface area (Å²) >= 11 is 0. The van der Waals surface area contributed by atoms with Crippen molar-refractivity contribution in [2.75, 3.05) is 33.8 Å². The number of benzene rings is 1. The summed E-state index contributed by atoms with van der Waals surface area (Å²) in [5.74, 6) is 1.69. The molecule has 0 spiro atoms. The van der Waals surface area contributed by atoms with E-state index in [0.29, 0.717) is 32.1 Å². The van der Waals surface area contributed by atoms with Gasteiger partial charge in [-0.25, -0.2) is 4.99 Å². The summed E-state index contributed by atoms with van der Waals surface area (Å²) in [5.41, 5.74) is 2.23. The molecule has 0 bridgehead atoms. The standard InChI is InChI=1S/C19H32N4O2.HI/c1-6-12-25-17-13-15(3)8-9-16(17)14-22-19(20-7-2)21-11-10-18(24)23(4)5;/h8-9,13H,6-7,10-12,14H2,1-5H3,(H2,20,21,22);1H. The second-order valence-electron chi connectivity index (χ2n) is 6.12. The highest BCUT2D eigenvalue weighted by Gasteiger charge is 2.06. The van der Waals surface area contributed by atoms with Crippen LogP contribution in [0.3, 0.4) is 0 Å². The van der Waals surface area contributed by atoms with Gasteiger partial charge in [0.05, 0.1) is 13.2 Å². The van der Waals surface area contributed by atoms with E-state index < -0.39 is 0 Å². The summed E-state index contributed by atoms with van der Waals surface area (Å²) in [6.07, 6.45) is 1.41. The van der Waals surface area contributed by atoms with Crippen LogP contribution in [0.4, 0.5) is 0 Å². The van der Waals surface area contributed by atoms with Crippen molar-refractivity contribution < 1.29 is 9.53 Å². The number of guanidine groups is 1. The van der Waals surface area contributed by atoms with Crippen LogP contribution in [-0.2, 0) is 11.3 Å². The maximum atomic E-state index is 11.6. The van der Waals surface area contributed by atoms with Gasteiger partial charge < -0.3 is 20.3 Å². The van der Waals surface area contributed by atoms with Crippen molar-refractivity contribution in [2.45, 2.75) is 40.2 Å². The van der Waals surface area contributed by atoms with Crippen LogP contribution in [0.1, 0.15) is 37.8 Å². The minimum Gasteiger partial charge on any atom is -0.493 e. The van der Waals surface area contributed by atoms with E-state index in [1.54, 1.807) is 19.0 Å². The molecule has 6 nitrogen and oxygen atoms in total. The van der Waals surface area contributed by atoms with E-state index in [0.717, 1.165) is 24.3 Å². The second kappa shape index (κ2) is 13.7. The number of nitrogens with one attached hydrogen (secondary N) is 2. The summed E-state index contributed by atoms with van der Waals surface area (Å²) in [5, 5.41) is 6.40. The summed E-state index contributed by atoms with van der Waals surface area (Å²) in [6, 6.07) is 6.18. The highest BCUT2D eigenvalue weighted by molar-refractivity contribution is 14.0. The van der Waals surface area contributed by atoms with Crippen molar-refractivity contribution in [1.82, 2.24) is 15.5 Å². The Morgan fingerprint density at radius 2 is 1.96 bits per heavy atom. The van der Waals surface area contributed by atoms with Gasteiger partial charge >= 0.3 is 0 Å². The van der Waals surface area contributed by atoms with Crippen LogP contribution in [0.5, 0.6) is 5.75 Å². The number of carbonyl (C=O) groups excluding carboxylic acids is 1. The van der Waals surface area contributed by atoms with Crippen LogP contribution in [-0.4, -0.2) is 50.6 Å². The maximum Gasteiger partial charge on any atom is 0.223 e. The van der Waals surface area contributed by atoms with Gasteiger partial charge in [0.25, 0.3) is 0 Å². The summed E-state index contributed by atoms with van der Waals surface area (Å²) in [4.78, 5) is 17.9. The molecule has 2 N–H and O–H groups in total. The fraction of sp³-hybridized carbons (Fsp3) is 0.579. The molecule has 1 rings (SSSR count). The lowest BCUT2D eigenvalue weighted by Crippen LogP contribution is -2.39. The number of aryl methyl sites for hydroxylation is 1. The van der Waals surface area contributed by atoms with Crippen LogP contribution in [0.15, 0.2) is 23.2 Å². The first-order chi connectivity index (χ1) is 12.0. The molecule has 26 heavy (non-hydrogen) atoms. The Morgan fingerprint density at radius 1 is 1.23 bits per heavy atom. The fourth-order valence-corrected chi connectivity index (χ4v) is 2.16. The lowest BCUT2D eigenvalue weighted by atomic mass is 10.1. The Kier molecular flexibility index (Phi) is 12.9. The Labute approximate surface area is 174 Å². The zero-order valence-electron chi connectivity index (χ0n) is 16.6. The molecule has 0 radical (unpaired) electrons. The number of hydrogen-bond donors (Lipinski definition) is 2. The molecule has 0 aromatic heterocycles. The Balaban J connectivity index is 0.00000625. The van der Waals surface area contributed by atoms with Crippen LogP contribution in [0.25, 0.3) is 0 Å². The molecule has 0 atom stereocenters. The highest BCUT2D eigenvalue weighted by atomic mass is 127. The number of halogens is 1. The Bertz CT molecular complexity index is 577. The quantitative estimate of drug-likeness (QED) is 0.327. The first kappa shape index (κ1) is 24.5. The van der Waals surface area contributed by atoms with Crippen LogP contribution >= 0.6 is 24.0 Å². The van der Waals surface area contributed by atoms with Gasteiger partial charge in [0.15, 0.2) is 5.96 Å². The summed E-state index contributed by atoms with van der Waals surface area (Å²) in [6.45, 7) is 8.71. The smallest absolute Gasteiger partial charge is 0.223 e. The molecule has 0 aliphatic rings. The zero-order chi connectivity index (χ0) is 18.7. The molecule has 1 aromatic rings. The molecule has 0 saturated carbocycles. The van der Waals surface area contributed by atoms with E-state index in [4.69, 9.17) is 4.74 Å². The van der Waals surface area contributed by atoms with Gasteiger partial charge in [-0.3, -0.25) is 4.79 Å². The molecule has 0 heterocycles. The average molecular weight is 476 g/mol. The van der Waals surface area contributed by atoms with E-state index in [2.05, 4.69) is 47.7 Å². The van der Waals surface area contributed by atoms with E-state index in [9.17, 15) is 4.79 Å². The Hall–Kier alpha value is -1.51. The van der Waals surface area contributed by atoms with E-state index in [1.807, 2.05) is 6.92 Å². The lowest BCUT2D eigenvalue weighted by Gasteiger charge is -2.14. The topological polar surface area (TPSA) is 66.0 Å². The number of ether oxygens (including phenoxy) is 1. The molecule has 1 amide bonds. The van der Waals surface area contributed by atoms with Crippen LogP contribution < -0.4 is 15.4 Å². The van der Waals surface area contributed by atoms with Gasteiger partial charge in [-0.05, 0) is 31.9 Å². The molecular formula is C19H33IN4O2. The van der Waals surface area contributed by atoms with Gasteiger partial charge in [0.1, 0.15) is 5.75 Å². The van der Waals surface area contributed by atoms with Gasteiger partial charge in [-0.1, -0.05) is 19.1 Å². The third-order valence-corrected chi connectivity index (χ3v) is 3.57. The van der Waals surface area contributed by atoms with Crippen LogP contribution in [0.2, 0.25) is 0 Å². The van der Waals surface area contributed by atoms with Crippen molar-refractivity contribution in [1.29, 1.82) is 0 Å². The van der Waals surface area contributed by atoms with Crippen molar-refractivity contribution in [3.05, 3.63) is 29.3 Å². The van der Waals surface area contributed by atoms with E-state index in [-0.39, 0.29) is 29.9 Å². The van der Waals surface area contributed by atoms with Crippen LogP contribution in [0, 0.1) is 6.92 Å². The second-order valence-corrected chi connectivity index (χ2v) is 6.12. The lowest BCUT2D eigenvalue weighted by molar-refractivity contribution is -0.128. The molecule has 0 aliphatic heterocycles. The molecule has 0 saturated heterocycles. The highest BCUT2D eigenvalue weighted by Crippen LogP contribution is 2.21. The minimum absolute atomic E-state index is 0. The predicted molar refractivity (Wildman–Crippen MR) is 119 cm³/mol. The monoisotopic (exact) mass is 476 g/mol. The van der Waals surface area contributed by atoms with E-state index in [1.165, 1.54) is 5.56 Å². The number of nitrogens with zero attached hydrogens (tertiary/aromatic N) is 2. The molecule has 0 fully saturated rings. The predicted octanol–water partition coefficient (Wildman–Crippen LogP) is 2.94. The number of rotatable bonds is 9. The molecular weight excluding hydrogens is 443 g/mol. The zero-order valence-corrected chi connectivity index (χ0v) is 18.9. The number of aliphatic imine (C=N–C) groups is 1. The molecule has 0 unspecified atom stereocenters. The van der Waals surface area contributed by atoms with Gasteiger partial charge in [-0.2, -0.15) is 0 Å². The number of amides is 1. The van der Waals surface area contributed by atoms with Gasteiger partial charge in [-0.15, -0.1) is 24.0 Å². The molecule has 148 valence electrons. The molecule has 0 aliphatic carbocycles. The summed E-state index contributed by atoms with van der Waals surface area (Å²) < 4.78 is 5.84. The molecule has 1 aromatic carbocycles. The normalized spacial score (nSPS) is 10.7. The first-order valence-electron chi connectivity index (χ1n) is 8.92. The third-order valence-electron chi connectivity index (χ3n) is 3.57. The van der Waals surface area contributed by atoms with Crippen molar-refractivity contribution >= 4 is 35.8 Å². The van der Waals surface area contributed by atoms with E-state index >= 15 is 0 Å². The van der Waals surface area contributed by atoms with Crippen molar-refractivity contribution in [3.63, 3.8) is 0 Å². The molecule has 7 heteroatoms. The van der Waals surface area contributed by atoms with Gasteiger partial charge in [0.2, 0.25) is 5.91 Å². The first-order valence-corrected chi connectivity index (χ1v) is 8.92. The third kappa shape index (κ3) is 9.26. The maximum absolute atomic E-state index is 11.6. The van der Waals surface area contributed by atoms with Crippen molar-refractivity contribution in [2.24, 2.45) is 4.99 Å². The van der Waals surface area contributed by atoms with Crippen molar-refractivity contribution in [3.8, 4) is 5.75 Å². The number of hydrogen-bond acceptors (Lipinski definition) is 3. The average Bonchev–Trinajstić information content (AvgIpc) is 2.58. The SMILES string of the molecule is CCCOc1cc(C)ccc1CN=C(NCC)NCCC(=O)N(C)C.I.